The Morgan fingerprint density at radius 1 is 1.10 bits per heavy atom. The van der Waals surface area contributed by atoms with Crippen LogP contribution in [0.3, 0.4) is 0 Å². The molecule has 0 spiro atoms. The summed E-state index contributed by atoms with van der Waals surface area (Å²) >= 11 is 0. The molecule has 1 saturated heterocycles. The molecule has 152 valence electrons. The maximum absolute atomic E-state index is 12.4. The topological polar surface area (TPSA) is 129 Å². The monoisotopic (exact) mass is 398 g/mol. The third kappa shape index (κ3) is 5.03. The fraction of sp³-hybridized carbons (Fsp3) is 0.368. The van der Waals surface area contributed by atoms with Crippen LogP contribution in [0, 0.1) is 6.92 Å². The zero-order valence-electron chi connectivity index (χ0n) is 16.0. The number of hydrogen-bond donors (Lipinski definition) is 2. The summed E-state index contributed by atoms with van der Waals surface area (Å²) < 4.78 is 0. The van der Waals surface area contributed by atoms with E-state index in [-0.39, 0.29) is 35.8 Å². The first-order valence-electron chi connectivity index (χ1n) is 9.24. The zero-order chi connectivity index (χ0) is 20.8. The summed E-state index contributed by atoms with van der Waals surface area (Å²) in [5, 5.41) is 11.7. The van der Waals surface area contributed by atoms with Gasteiger partial charge in [0.1, 0.15) is 5.69 Å². The molecule has 1 aliphatic heterocycles. The Morgan fingerprint density at radius 3 is 2.41 bits per heavy atom. The van der Waals surface area contributed by atoms with Crippen molar-refractivity contribution in [3.05, 3.63) is 47.5 Å². The number of aromatic nitrogens is 3. The number of aromatic carboxylic acids is 1. The van der Waals surface area contributed by atoms with E-state index in [9.17, 15) is 14.4 Å². The molecular weight excluding hydrogens is 376 g/mol. The van der Waals surface area contributed by atoms with Crippen molar-refractivity contribution in [1.29, 1.82) is 0 Å². The van der Waals surface area contributed by atoms with E-state index < -0.39 is 11.9 Å². The average Bonchev–Trinajstić information content (AvgIpc) is 2.74. The largest absolute Gasteiger partial charge is 0.478 e. The third-order valence-electron chi connectivity index (χ3n) is 4.64. The van der Waals surface area contributed by atoms with Gasteiger partial charge in [-0.3, -0.25) is 9.59 Å². The van der Waals surface area contributed by atoms with Gasteiger partial charge in [0, 0.05) is 51.5 Å². The molecule has 0 aliphatic carbocycles. The SMILES string of the molecule is Cc1nc(C(=O)NCCC(=O)N2CCN(c3ncccn3)CC2)ccc1C(=O)O. The number of amides is 2. The van der Waals surface area contributed by atoms with Gasteiger partial charge in [0.15, 0.2) is 0 Å². The number of nitrogens with zero attached hydrogens (tertiary/aromatic N) is 5. The number of nitrogens with one attached hydrogen (secondary N) is 1. The Balaban J connectivity index is 1.44. The smallest absolute Gasteiger partial charge is 0.337 e. The fourth-order valence-corrected chi connectivity index (χ4v) is 3.06. The lowest BCUT2D eigenvalue weighted by Crippen LogP contribution is -2.49. The van der Waals surface area contributed by atoms with Crippen LogP contribution in [0.2, 0.25) is 0 Å². The van der Waals surface area contributed by atoms with Crippen LogP contribution in [0.1, 0.15) is 33.0 Å². The van der Waals surface area contributed by atoms with Crippen molar-refractivity contribution in [1.82, 2.24) is 25.2 Å². The van der Waals surface area contributed by atoms with Crippen molar-refractivity contribution < 1.29 is 19.5 Å². The molecule has 0 bridgehead atoms. The van der Waals surface area contributed by atoms with Crippen LogP contribution in [0.15, 0.2) is 30.6 Å². The van der Waals surface area contributed by atoms with Crippen LogP contribution >= 0.6 is 0 Å². The van der Waals surface area contributed by atoms with E-state index in [0.29, 0.717) is 32.1 Å². The number of carboxylic acids is 1. The first-order valence-corrected chi connectivity index (χ1v) is 9.24. The van der Waals surface area contributed by atoms with E-state index in [1.54, 1.807) is 23.4 Å². The van der Waals surface area contributed by atoms with E-state index in [2.05, 4.69) is 20.3 Å². The van der Waals surface area contributed by atoms with E-state index in [4.69, 9.17) is 5.11 Å². The molecular formula is C19H22N6O4. The van der Waals surface area contributed by atoms with Crippen LogP contribution in [0.4, 0.5) is 5.95 Å². The normalized spacial score (nSPS) is 13.8. The van der Waals surface area contributed by atoms with Crippen LogP contribution < -0.4 is 10.2 Å². The average molecular weight is 398 g/mol. The van der Waals surface area contributed by atoms with Gasteiger partial charge in [0.2, 0.25) is 11.9 Å². The summed E-state index contributed by atoms with van der Waals surface area (Å²) in [4.78, 5) is 51.8. The number of anilines is 1. The van der Waals surface area contributed by atoms with Crippen LogP contribution in [0.25, 0.3) is 0 Å². The minimum atomic E-state index is -1.09. The first kappa shape index (κ1) is 20.2. The number of piperazine rings is 1. The highest BCUT2D eigenvalue weighted by atomic mass is 16.4. The number of pyridine rings is 1. The lowest BCUT2D eigenvalue weighted by Gasteiger charge is -2.34. The van der Waals surface area contributed by atoms with Crippen molar-refractivity contribution in [3.63, 3.8) is 0 Å². The molecule has 3 rings (SSSR count). The van der Waals surface area contributed by atoms with Crippen molar-refractivity contribution in [2.75, 3.05) is 37.6 Å². The maximum atomic E-state index is 12.4. The quantitative estimate of drug-likeness (QED) is 0.713. The molecule has 1 aliphatic rings. The second-order valence-electron chi connectivity index (χ2n) is 6.56. The molecule has 2 amide bonds. The lowest BCUT2D eigenvalue weighted by molar-refractivity contribution is -0.131. The zero-order valence-corrected chi connectivity index (χ0v) is 16.0. The Morgan fingerprint density at radius 2 is 1.79 bits per heavy atom. The number of hydrogen-bond acceptors (Lipinski definition) is 7. The highest BCUT2D eigenvalue weighted by molar-refractivity contribution is 5.94. The van der Waals surface area contributed by atoms with Crippen molar-refractivity contribution in [3.8, 4) is 0 Å². The van der Waals surface area contributed by atoms with Gasteiger partial charge in [-0.25, -0.2) is 19.7 Å². The second-order valence-corrected chi connectivity index (χ2v) is 6.56. The highest BCUT2D eigenvalue weighted by Gasteiger charge is 2.22. The number of carboxylic acid groups (broad SMARTS) is 1. The molecule has 1 fully saturated rings. The molecule has 2 N–H and O–H groups in total. The summed E-state index contributed by atoms with van der Waals surface area (Å²) in [6, 6.07) is 4.47. The number of aryl methyl sites for hydroxylation is 1. The fourth-order valence-electron chi connectivity index (χ4n) is 3.06. The summed E-state index contributed by atoms with van der Waals surface area (Å²) in [5.74, 6) is -0.914. The third-order valence-corrected chi connectivity index (χ3v) is 4.64. The maximum Gasteiger partial charge on any atom is 0.337 e. The summed E-state index contributed by atoms with van der Waals surface area (Å²) in [7, 11) is 0. The molecule has 29 heavy (non-hydrogen) atoms. The van der Waals surface area contributed by atoms with Gasteiger partial charge in [0.05, 0.1) is 11.3 Å². The van der Waals surface area contributed by atoms with Crippen LogP contribution in [-0.4, -0.2) is 75.5 Å². The second kappa shape index (κ2) is 9.09. The molecule has 3 heterocycles. The van der Waals surface area contributed by atoms with Gasteiger partial charge in [-0.2, -0.15) is 0 Å². The van der Waals surface area contributed by atoms with Gasteiger partial charge in [0.25, 0.3) is 5.91 Å². The predicted molar refractivity (Wildman–Crippen MR) is 104 cm³/mol. The number of carbonyl (C=O) groups is 3. The predicted octanol–water partition coefficient (Wildman–Crippen LogP) is 0.347. The number of carbonyl (C=O) groups excluding carboxylic acids is 2. The molecule has 0 saturated carbocycles. The highest BCUT2D eigenvalue weighted by Crippen LogP contribution is 2.10. The first-order chi connectivity index (χ1) is 14.0. The Labute approximate surface area is 167 Å². The summed E-state index contributed by atoms with van der Waals surface area (Å²) in [6.45, 7) is 4.16. The molecule has 0 aromatic carbocycles. The molecule has 2 aromatic rings. The van der Waals surface area contributed by atoms with Crippen molar-refractivity contribution in [2.45, 2.75) is 13.3 Å². The van der Waals surface area contributed by atoms with Crippen LogP contribution in [0.5, 0.6) is 0 Å². The lowest BCUT2D eigenvalue weighted by atomic mass is 10.2. The molecule has 10 heteroatoms. The molecule has 0 atom stereocenters. The Hall–Kier alpha value is -3.56. The van der Waals surface area contributed by atoms with E-state index in [0.717, 1.165) is 0 Å². The van der Waals surface area contributed by atoms with Gasteiger partial charge >= 0.3 is 5.97 Å². The van der Waals surface area contributed by atoms with Gasteiger partial charge in [-0.15, -0.1) is 0 Å². The van der Waals surface area contributed by atoms with Gasteiger partial charge in [-0.05, 0) is 25.1 Å². The van der Waals surface area contributed by atoms with E-state index >= 15 is 0 Å². The molecule has 0 unspecified atom stereocenters. The minimum Gasteiger partial charge on any atom is -0.478 e. The molecule has 2 aromatic heterocycles. The van der Waals surface area contributed by atoms with Crippen molar-refractivity contribution in [2.24, 2.45) is 0 Å². The van der Waals surface area contributed by atoms with E-state index in [1.165, 1.54) is 19.1 Å². The number of rotatable bonds is 6. The van der Waals surface area contributed by atoms with Gasteiger partial charge < -0.3 is 20.2 Å². The van der Waals surface area contributed by atoms with Crippen LogP contribution in [-0.2, 0) is 4.79 Å². The van der Waals surface area contributed by atoms with Crippen molar-refractivity contribution >= 4 is 23.7 Å². The summed E-state index contributed by atoms with van der Waals surface area (Å²) in [5.41, 5.74) is 0.440. The van der Waals surface area contributed by atoms with E-state index in [1.807, 2.05) is 4.90 Å². The molecule has 0 radical (unpaired) electrons. The standard InChI is InChI=1S/C19H22N6O4/c1-13-14(18(28)29)3-4-15(23-13)17(27)20-8-5-16(26)24-9-11-25(12-10-24)19-21-6-2-7-22-19/h2-4,6-7H,5,8-12H2,1H3,(H,20,27)(H,28,29). The molecule has 10 nitrogen and oxygen atoms in total. The Bertz CT molecular complexity index is 897. The minimum absolute atomic E-state index is 0.0377. The summed E-state index contributed by atoms with van der Waals surface area (Å²) in [6.07, 6.45) is 3.56. The van der Waals surface area contributed by atoms with Gasteiger partial charge in [-0.1, -0.05) is 0 Å². The Kier molecular flexibility index (Phi) is 6.32.